The summed E-state index contributed by atoms with van der Waals surface area (Å²) in [7, 11) is 1.28. The summed E-state index contributed by atoms with van der Waals surface area (Å²) in [5.41, 5.74) is 1.57. The van der Waals surface area contributed by atoms with Crippen LogP contribution in [0.4, 0.5) is 9.59 Å². The molecule has 1 aromatic heterocycles. The van der Waals surface area contributed by atoms with Crippen LogP contribution in [0.1, 0.15) is 49.7 Å². The highest BCUT2D eigenvalue weighted by Crippen LogP contribution is 2.44. The van der Waals surface area contributed by atoms with Gasteiger partial charge in [-0.3, -0.25) is 9.52 Å². The van der Waals surface area contributed by atoms with Gasteiger partial charge < -0.3 is 19.7 Å². The quantitative estimate of drug-likeness (QED) is 0.617. The van der Waals surface area contributed by atoms with E-state index in [-0.39, 0.29) is 26.2 Å². The van der Waals surface area contributed by atoms with Gasteiger partial charge in [0.1, 0.15) is 18.2 Å². The van der Waals surface area contributed by atoms with Crippen LogP contribution in [0.2, 0.25) is 0 Å². The maximum Gasteiger partial charge on any atom is 0.407 e. The molecule has 182 valence electrons. The van der Waals surface area contributed by atoms with E-state index in [9.17, 15) is 14.4 Å². The number of ether oxygens (including phenoxy) is 2. The van der Waals surface area contributed by atoms with E-state index in [2.05, 4.69) is 10.4 Å². The van der Waals surface area contributed by atoms with E-state index in [1.54, 1.807) is 31.6 Å². The van der Waals surface area contributed by atoms with Crippen molar-refractivity contribution in [2.24, 2.45) is 0 Å². The Morgan fingerprint density at radius 2 is 1.94 bits per heavy atom. The zero-order chi connectivity index (χ0) is 24.5. The van der Waals surface area contributed by atoms with Crippen LogP contribution in [0, 0.1) is 0 Å². The fourth-order valence-electron chi connectivity index (χ4n) is 4.12. The van der Waals surface area contributed by atoms with Gasteiger partial charge in [-0.2, -0.15) is 10.2 Å². The number of nitrogens with zero attached hydrogens (tertiary/aromatic N) is 4. The molecule has 11 nitrogen and oxygen atoms in total. The number of carbonyl (C=O) groups excluding carboxylic acids is 3. The summed E-state index contributed by atoms with van der Waals surface area (Å²) in [6.45, 7) is 6.34. The summed E-state index contributed by atoms with van der Waals surface area (Å²) in [5.74, 6) is -0.570. The van der Waals surface area contributed by atoms with E-state index in [1.807, 2.05) is 30.3 Å². The minimum absolute atomic E-state index is 0.211. The molecule has 0 radical (unpaired) electrons. The van der Waals surface area contributed by atoms with Crippen molar-refractivity contribution in [1.29, 1.82) is 0 Å². The monoisotopic (exact) mass is 471 g/mol. The first-order valence-electron chi connectivity index (χ1n) is 11.1. The van der Waals surface area contributed by atoms with Crippen molar-refractivity contribution in [2.45, 2.75) is 51.6 Å². The number of hydrogen-bond acceptors (Lipinski definition) is 7. The lowest BCUT2D eigenvalue weighted by molar-refractivity contribution is -0.146. The van der Waals surface area contributed by atoms with Crippen molar-refractivity contribution in [2.75, 3.05) is 20.2 Å². The van der Waals surface area contributed by atoms with Crippen LogP contribution in [-0.2, 0) is 32.3 Å². The van der Waals surface area contributed by atoms with Crippen molar-refractivity contribution < 1.29 is 28.7 Å². The molecular formula is C23H29N5O6. The Hall–Kier alpha value is -3.60. The number of esters is 1. The van der Waals surface area contributed by atoms with E-state index in [0.29, 0.717) is 11.3 Å². The first-order valence-corrected chi connectivity index (χ1v) is 11.1. The molecule has 0 spiro atoms. The molecule has 2 bridgehead atoms. The SMILES string of the molecule is COC(=O)[C@@H]1c2c(cnn2CCNC(=O)OC(C)(C)C)[C@H]2CN1C(=O)N2OCc1ccccc1. The number of amides is 3. The van der Waals surface area contributed by atoms with Gasteiger partial charge in [-0.1, -0.05) is 30.3 Å². The number of aromatic nitrogens is 2. The molecule has 3 heterocycles. The van der Waals surface area contributed by atoms with Gasteiger partial charge in [-0.15, -0.1) is 0 Å². The molecule has 4 rings (SSSR count). The highest BCUT2D eigenvalue weighted by Gasteiger charge is 2.53. The number of rotatable bonds is 7. The summed E-state index contributed by atoms with van der Waals surface area (Å²) in [6, 6.07) is 7.73. The molecule has 1 N–H and O–H groups in total. The summed E-state index contributed by atoms with van der Waals surface area (Å²) < 4.78 is 11.9. The first-order chi connectivity index (χ1) is 16.2. The van der Waals surface area contributed by atoms with Gasteiger partial charge in [0.05, 0.1) is 32.1 Å². The Morgan fingerprint density at radius 3 is 2.62 bits per heavy atom. The lowest BCUT2D eigenvalue weighted by Crippen LogP contribution is -2.40. The van der Waals surface area contributed by atoms with Crippen LogP contribution in [0.15, 0.2) is 36.5 Å². The Labute approximate surface area is 197 Å². The van der Waals surface area contributed by atoms with Crippen molar-refractivity contribution in [1.82, 2.24) is 25.1 Å². The fraction of sp³-hybridized carbons (Fsp3) is 0.478. The average Bonchev–Trinajstić information content (AvgIpc) is 3.32. The third-order valence-corrected chi connectivity index (χ3v) is 5.56. The van der Waals surface area contributed by atoms with Crippen molar-refractivity contribution in [3.63, 3.8) is 0 Å². The summed E-state index contributed by atoms with van der Waals surface area (Å²) in [5, 5.41) is 8.42. The summed E-state index contributed by atoms with van der Waals surface area (Å²) in [4.78, 5) is 45.2. The zero-order valence-corrected chi connectivity index (χ0v) is 19.7. The van der Waals surface area contributed by atoms with Crippen LogP contribution in [0.5, 0.6) is 0 Å². The number of fused-ring (bicyclic) bond motifs is 4. The Morgan fingerprint density at radius 1 is 1.21 bits per heavy atom. The normalized spacial score (nSPS) is 19.1. The molecule has 1 saturated heterocycles. The number of hydrogen-bond donors (Lipinski definition) is 1. The molecule has 1 fully saturated rings. The molecular weight excluding hydrogens is 442 g/mol. The summed E-state index contributed by atoms with van der Waals surface area (Å²) in [6.07, 6.45) is 1.09. The van der Waals surface area contributed by atoms with E-state index >= 15 is 0 Å². The smallest absolute Gasteiger partial charge is 0.407 e. The highest BCUT2D eigenvalue weighted by molar-refractivity contribution is 5.87. The Balaban J connectivity index is 1.53. The molecule has 1 aromatic carbocycles. The Bertz CT molecular complexity index is 1060. The molecule has 2 aliphatic rings. The van der Waals surface area contributed by atoms with Crippen molar-refractivity contribution >= 4 is 18.1 Å². The predicted molar refractivity (Wildman–Crippen MR) is 119 cm³/mol. The van der Waals surface area contributed by atoms with Crippen LogP contribution in [-0.4, -0.2) is 63.6 Å². The number of methoxy groups -OCH3 is 1. The van der Waals surface area contributed by atoms with E-state index in [1.165, 1.54) is 17.1 Å². The van der Waals surface area contributed by atoms with Gasteiger partial charge in [-0.05, 0) is 26.3 Å². The average molecular weight is 472 g/mol. The van der Waals surface area contributed by atoms with Crippen LogP contribution >= 0.6 is 0 Å². The zero-order valence-electron chi connectivity index (χ0n) is 19.7. The van der Waals surface area contributed by atoms with E-state index in [4.69, 9.17) is 14.3 Å². The molecule has 2 aliphatic heterocycles. The molecule has 0 aliphatic carbocycles. The minimum atomic E-state index is -0.960. The second-order valence-electron chi connectivity index (χ2n) is 9.10. The minimum Gasteiger partial charge on any atom is -0.467 e. The summed E-state index contributed by atoms with van der Waals surface area (Å²) >= 11 is 0. The van der Waals surface area contributed by atoms with Gasteiger partial charge in [0, 0.05) is 12.1 Å². The van der Waals surface area contributed by atoms with Gasteiger partial charge in [0.15, 0.2) is 6.04 Å². The third kappa shape index (κ3) is 4.69. The fourth-order valence-corrected chi connectivity index (χ4v) is 4.12. The van der Waals surface area contributed by atoms with Gasteiger partial charge in [0.25, 0.3) is 0 Å². The number of carbonyl (C=O) groups is 3. The molecule has 11 heteroatoms. The molecule has 0 unspecified atom stereocenters. The largest absolute Gasteiger partial charge is 0.467 e. The first kappa shape index (κ1) is 23.6. The number of nitrogens with one attached hydrogen (secondary N) is 1. The molecule has 34 heavy (non-hydrogen) atoms. The maximum absolute atomic E-state index is 13.2. The van der Waals surface area contributed by atoms with Crippen molar-refractivity contribution in [3.05, 3.63) is 53.3 Å². The molecule has 3 amide bonds. The lowest BCUT2D eigenvalue weighted by Gasteiger charge is -2.29. The van der Waals surface area contributed by atoms with Gasteiger partial charge in [-0.25, -0.2) is 14.4 Å². The maximum atomic E-state index is 13.2. The van der Waals surface area contributed by atoms with Gasteiger partial charge in [0.2, 0.25) is 0 Å². The highest BCUT2D eigenvalue weighted by atomic mass is 16.7. The molecule has 2 aromatic rings. The van der Waals surface area contributed by atoms with Crippen LogP contribution in [0.25, 0.3) is 0 Å². The second-order valence-corrected chi connectivity index (χ2v) is 9.10. The van der Waals surface area contributed by atoms with Crippen LogP contribution in [0.3, 0.4) is 0 Å². The predicted octanol–water partition coefficient (Wildman–Crippen LogP) is 2.55. The van der Waals surface area contributed by atoms with Crippen LogP contribution < -0.4 is 5.32 Å². The molecule has 0 saturated carbocycles. The van der Waals surface area contributed by atoms with E-state index < -0.39 is 35.8 Å². The number of urea groups is 1. The Kier molecular flexibility index (Phi) is 6.47. The van der Waals surface area contributed by atoms with E-state index in [0.717, 1.165) is 5.56 Å². The lowest BCUT2D eigenvalue weighted by atomic mass is 9.98. The second kappa shape index (κ2) is 9.34. The number of hydroxylamine groups is 2. The number of alkyl carbamates (subject to hydrolysis) is 1. The van der Waals surface area contributed by atoms with Gasteiger partial charge >= 0.3 is 18.1 Å². The third-order valence-electron chi connectivity index (χ3n) is 5.56. The molecule has 2 atom stereocenters. The van der Waals surface area contributed by atoms with Crippen molar-refractivity contribution in [3.8, 4) is 0 Å². The number of benzene rings is 1. The standard InChI is InChI=1S/C23H29N5O6/c1-23(2,3)34-21(30)24-10-11-27-18-16(12-25-27)17-13-26(19(18)20(29)32-4)22(31)28(17)33-14-15-8-6-5-7-9-15/h5-9,12,17,19H,10-11,13-14H2,1-4H3,(H,24,30)/t17-,19+/m1/s1. The topological polar surface area (TPSA) is 115 Å².